The van der Waals surface area contributed by atoms with E-state index in [0.717, 1.165) is 0 Å². The quantitative estimate of drug-likeness (QED) is 0.592. The number of aromatic nitrogens is 4. The molecule has 1 aliphatic rings. The number of ether oxygens (including phenoxy) is 1. The number of nitrogens with two attached hydrogens (primary N) is 1. The van der Waals surface area contributed by atoms with Gasteiger partial charge in [-0.05, 0) is 0 Å². The Morgan fingerprint density at radius 3 is 3.00 bits per heavy atom. The highest BCUT2D eigenvalue weighted by Crippen LogP contribution is 2.30. The van der Waals surface area contributed by atoms with E-state index in [9.17, 15) is 5.11 Å². The van der Waals surface area contributed by atoms with Gasteiger partial charge in [0.2, 0.25) is 0 Å². The zero-order chi connectivity index (χ0) is 12.7. The van der Waals surface area contributed by atoms with E-state index < -0.39 is 18.4 Å². The van der Waals surface area contributed by atoms with Gasteiger partial charge in [-0.1, -0.05) is 0 Å². The first-order valence-electron chi connectivity index (χ1n) is 5.58. The van der Waals surface area contributed by atoms with E-state index in [4.69, 9.17) is 15.6 Å². The van der Waals surface area contributed by atoms with Crippen LogP contribution in [0.4, 0.5) is 5.82 Å². The van der Waals surface area contributed by atoms with Crippen molar-refractivity contribution in [3.63, 3.8) is 0 Å². The summed E-state index contributed by atoms with van der Waals surface area (Å²) in [7, 11) is 0. The first-order valence-corrected chi connectivity index (χ1v) is 5.58. The van der Waals surface area contributed by atoms with Gasteiger partial charge in [0.15, 0.2) is 11.5 Å². The number of fused-ring (bicyclic) bond motifs is 1. The van der Waals surface area contributed by atoms with E-state index in [1.54, 1.807) is 10.9 Å². The normalized spacial score (nSPS) is 28.0. The first kappa shape index (κ1) is 11.3. The predicted molar refractivity (Wildman–Crippen MR) is 61.4 cm³/mol. The maximum atomic E-state index is 9.71. The highest BCUT2D eigenvalue weighted by Gasteiger charge is 2.35. The lowest BCUT2D eigenvalue weighted by Crippen LogP contribution is -2.24. The lowest BCUT2D eigenvalue weighted by Gasteiger charge is -2.13. The monoisotopic (exact) mass is 256 g/mol. The Labute approximate surface area is 102 Å². The number of nitrogen functional groups attached to an aromatic ring is 1. The average Bonchev–Trinajstić information content (AvgIpc) is 2.93. The molecular weight excluding hydrogens is 243 g/mol. The minimum Gasteiger partial charge on any atom is -0.394 e. The van der Waals surface area contributed by atoms with Crippen molar-refractivity contribution in [3.05, 3.63) is 12.7 Å². The molecule has 1 aliphatic heterocycles. The zero-order valence-corrected chi connectivity index (χ0v) is 9.47. The summed E-state index contributed by atoms with van der Waals surface area (Å²) in [5, 5.41) is 18.8. The van der Waals surface area contributed by atoms with E-state index in [1.165, 1.54) is 6.33 Å². The van der Waals surface area contributed by atoms with Crippen molar-refractivity contribution < 1.29 is 14.9 Å². The van der Waals surface area contributed by atoms with Crippen LogP contribution in [0.1, 0.15) is 12.6 Å². The number of hydrogen-bond acceptors (Lipinski definition) is 7. The summed E-state index contributed by atoms with van der Waals surface area (Å²) in [5.74, 6) is 0.302. The van der Waals surface area contributed by atoms with Crippen LogP contribution >= 0.6 is 0 Å². The molecule has 96 valence electrons. The Morgan fingerprint density at radius 2 is 2.28 bits per heavy atom. The Morgan fingerprint density at radius 1 is 1.44 bits per heavy atom. The first-order chi connectivity index (χ1) is 8.70. The molecule has 1 fully saturated rings. The standard InChI is InChI=1S/C10H13N5O3/c11-9-8-10(13-3-12-9)15(4-14-8)7-1-5(17)6(2-16)18-7/h3-7,16-17H,1-2H2,(H2,11,12,13)/t5-,6-,7-/m1/s1/i11+1,12+1,13+1,14+1,15+1. The molecule has 2 aromatic rings. The minimum atomic E-state index is -0.698. The Hall–Kier alpha value is -1.77. The Kier molecular flexibility index (Phi) is 2.62. The fourth-order valence-corrected chi connectivity index (χ4v) is 2.13. The summed E-state index contributed by atoms with van der Waals surface area (Å²) in [6.07, 6.45) is 1.60. The topological polar surface area (TPSA) is 119 Å². The van der Waals surface area contributed by atoms with E-state index in [1.807, 2.05) is 0 Å². The second-order valence-electron chi connectivity index (χ2n) is 4.20. The molecule has 18 heavy (non-hydrogen) atoms. The smallest absolute Gasteiger partial charge is 0.167 e. The van der Waals surface area contributed by atoms with E-state index in [0.29, 0.717) is 23.4 Å². The summed E-state index contributed by atoms with van der Waals surface area (Å²) in [6, 6.07) is 0. The molecule has 3 atom stereocenters. The third-order valence-corrected chi connectivity index (χ3v) is 3.08. The fraction of sp³-hybridized carbons (Fsp3) is 0.500. The van der Waals surface area contributed by atoms with Crippen molar-refractivity contribution in [1.82, 2.24) is 19.5 Å². The van der Waals surface area contributed by atoms with Gasteiger partial charge >= 0.3 is 0 Å². The molecule has 0 amide bonds. The van der Waals surface area contributed by atoms with Crippen LogP contribution in [-0.4, -0.2) is 48.5 Å². The van der Waals surface area contributed by atoms with Gasteiger partial charge in [-0.25, -0.2) is 15.0 Å². The number of hydrogen-bond donors (Lipinski definition) is 3. The lowest BCUT2D eigenvalue weighted by molar-refractivity contribution is -0.0432. The minimum absolute atomic E-state index is 0.221. The second kappa shape index (κ2) is 4.16. The third-order valence-electron chi connectivity index (χ3n) is 3.08. The molecular formula is C10H13N5O3. The molecule has 0 unspecified atom stereocenters. The molecule has 0 aromatic carbocycles. The van der Waals surface area contributed by atoms with Crippen molar-refractivity contribution in [1.29, 1.82) is 0 Å². The van der Waals surface area contributed by atoms with E-state index in [2.05, 4.69) is 15.0 Å². The number of aliphatic hydroxyl groups excluding tert-OH is 2. The van der Waals surface area contributed by atoms with Gasteiger partial charge in [0, 0.05) is 6.42 Å². The van der Waals surface area contributed by atoms with Gasteiger partial charge in [0.1, 0.15) is 24.2 Å². The van der Waals surface area contributed by atoms with Crippen molar-refractivity contribution in [2.24, 2.45) is 0 Å². The van der Waals surface area contributed by atoms with Gasteiger partial charge in [-0.2, -0.15) is 0 Å². The fourth-order valence-electron chi connectivity index (χ4n) is 2.13. The van der Waals surface area contributed by atoms with Crippen LogP contribution in [0.2, 0.25) is 0 Å². The third kappa shape index (κ3) is 1.62. The molecule has 0 spiro atoms. The Bertz CT molecular complexity index is 572. The number of imidazole rings is 1. The van der Waals surface area contributed by atoms with Crippen LogP contribution in [-0.2, 0) is 4.74 Å². The van der Waals surface area contributed by atoms with Crippen molar-refractivity contribution in [3.8, 4) is 0 Å². The molecule has 0 saturated carbocycles. The van der Waals surface area contributed by atoms with Crippen molar-refractivity contribution >= 4 is 17.0 Å². The molecule has 8 heteroatoms. The average molecular weight is 256 g/mol. The van der Waals surface area contributed by atoms with Gasteiger partial charge in [0.05, 0.1) is 19.0 Å². The van der Waals surface area contributed by atoms with E-state index >= 15 is 0 Å². The molecule has 4 N–H and O–H groups in total. The molecule has 0 bridgehead atoms. The van der Waals surface area contributed by atoms with Gasteiger partial charge in [-0.15, -0.1) is 0 Å². The van der Waals surface area contributed by atoms with Gasteiger partial charge in [-0.3, -0.25) is 4.57 Å². The molecule has 8 nitrogen and oxygen atoms in total. The van der Waals surface area contributed by atoms with Gasteiger partial charge < -0.3 is 20.7 Å². The summed E-state index contributed by atoms with van der Waals surface area (Å²) >= 11 is 0. The second-order valence-corrected chi connectivity index (χ2v) is 4.20. The number of rotatable bonds is 2. The summed E-state index contributed by atoms with van der Waals surface area (Å²) in [5.41, 5.74) is 6.75. The largest absolute Gasteiger partial charge is 0.394 e. The van der Waals surface area contributed by atoms with Crippen molar-refractivity contribution in [2.45, 2.75) is 24.9 Å². The molecule has 1 saturated heterocycles. The molecule has 2 aromatic heterocycles. The van der Waals surface area contributed by atoms with Crippen LogP contribution in [0, 0.1) is 0 Å². The van der Waals surface area contributed by atoms with Crippen LogP contribution in [0.15, 0.2) is 12.7 Å². The maximum absolute atomic E-state index is 9.71. The summed E-state index contributed by atoms with van der Waals surface area (Å²) in [6.45, 7) is -0.221. The predicted octanol–water partition coefficient (Wildman–Crippen LogP) is -0.951. The molecule has 3 rings (SSSR count). The number of aliphatic hydroxyl groups is 2. The van der Waals surface area contributed by atoms with Crippen LogP contribution in [0.5, 0.6) is 0 Å². The molecule has 3 heterocycles. The zero-order valence-electron chi connectivity index (χ0n) is 9.47. The van der Waals surface area contributed by atoms with Crippen LogP contribution in [0.25, 0.3) is 11.2 Å². The highest BCUT2D eigenvalue weighted by atomic mass is 16.6. The van der Waals surface area contributed by atoms with E-state index in [-0.39, 0.29) is 6.61 Å². The molecule has 0 radical (unpaired) electrons. The van der Waals surface area contributed by atoms with Crippen molar-refractivity contribution in [2.75, 3.05) is 12.3 Å². The SMILES string of the molecule is [15NH2]c1[15n]c[15n]c2c1[15n]c[15n]2[C@H]1C[C@@H](O)[C@@H](CO)O1. The maximum Gasteiger partial charge on any atom is 0.167 e. The summed E-state index contributed by atoms with van der Waals surface area (Å²) in [4.78, 5) is 12.1. The number of anilines is 1. The number of nitrogens with zero attached hydrogens (tertiary/aromatic N) is 4. The Balaban J connectivity index is 1.99. The van der Waals surface area contributed by atoms with Gasteiger partial charge in [0.25, 0.3) is 0 Å². The van der Waals surface area contributed by atoms with Crippen LogP contribution in [0.3, 0.4) is 0 Å². The summed E-state index contributed by atoms with van der Waals surface area (Å²) < 4.78 is 7.22. The highest BCUT2D eigenvalue weighted by molar-refractivity contribution is 5.81. The van der Waals surface area contributed by atoms with Crippen LogP contribution < -0.4 is 5.73 Å². The lowest BCUT2D eigenvalue weighted by atomic mass is 10.2. The molecule has 0 aliphatic carbocycles.